The van der Waals surface area contributed by atoms with Crippen molar-refractivity contribution in [3.05, 3.63) is 176 Å². The molecule has 0 unspecified atom stereocenters. The Morgan fingerprint density at radius 1 is 0.614 bits per heavy atom. The number of para-hydroxylation sites is 2. The minimum Gasteiger partial charge on any atom is -0.427 e. The van der Waals surface area contributed by atoms with E-state index in [-0.39, 0.29) is 77.3 Å². The molecule has 0 bridgehead atoms. The van der Waals surface area contributed by atoms with Crippen LogP contribution in [0.3, 0.4) is 0 Å². The summed E-state index contributed by atoms with van der Waals surface area (Å²) < 4.78 is 26.2. The zero-order chi connectivity index (χ0) is 51.3. The monoisotopic (exact) mass is 996 g/mol. The minimum atomic E-state index is -0.911. The van der Waals surface area contributed by atoms with Gasteiger partial charge in [-0.1, -0.05) is 60.8 Å². The first-order valence-electron chi connectivity index (χ1n) is 20.6. The van der Waals surface area contributed by atoms with Crippen molar-refractivity contribution in [2.45, 2.75) is 57.5 Å². The van der Waals surface area contributed by atoms with Crippen LogP contribution >= 0.6 is 24.0 Å². The number of ether oxygens (including phenoxy) is 5. The Balaban J connectivity index is 0.000000353. The third kappa shape index (κ3) is 21.3. The molecule has 5 aromatic carbocycles. The average Bonchev–Trinajstić information content (AvgIpc) is 3.34. The Morgan fingerprint density at radius 3 is 1.53 bits per heavy atom. The van der Waals surface area contributed by atoms with E-state index in [1.807, 2.05) is 31.4 Å². The highest BCUT2D eigenvalue weighted by atomic mass is 32.2. The number of nitrogens with zero attached hydrogens (tertiary/aromatic N) is 3. The first-order chi connectivity index (χ1) is 33.6. The molecule has 70 heavy (non-hydrogen) atoms. The Kier molecular flexibility index (Phi) is 24.3. The highest BCUT2D eigenvalue weighted by molar-refractivity contribution is 8.03. The summed E-state index contributed by atoms with van der Waals surface area (Å²) in [7, 11) is 0. The van der Waals surface area contributed by atoms with Gasteiger partial charge in [-0.3, -0.25) is 14.4 Å². The van der Waals surface area contributed by atoms with Crippen LogP contribution in [0.2, 0.25) is 0 Å². The van der Waals surface area contributed by atoms with Crippen molar-refractivity contribution < 1.29 is 67.5 Å². The molecule has 22 heteroatoms. The molecule has 0 amide bonds. The number of carbonyl (C=O) groups is 5. The maximum absolute atomic E-state index is 12.6. The molecule has 5 aromatic rings. The van der Waals surface area contributed by atoms with Gasteiger partial charge in [-0.05, 0) is 129 Å². The van der Waals surface area contributed by atoms with Gasteiger partial charge in [-0.15, -0.1) is 20.2 Å². The van der Waals surface area contributed by atoms with Crippen molar-refractivity contribution in [2.75, 3.05) is 6.61 Å². The van der Waals surface area contributed by atoms with Crippen LogP contribution in [0.25, 0.3) is 0 Å². The molecule has 0 aliphatic heterocycles. The predicted molar refractivity (Wildman–Crippen MR) is 255 cm³/mol. The van der Waals surface area contributed by atoms with E-state index >= 15 is 0 Å². The lowest BCUT2D eigenvalue weighted by Crippen LogP contribution is -2.16. The number of carbonyl (C=O) groups excluding carboxylic acids is 5. The number of thiocarbonyl (C=S) groups is 1. The minimum absolute atomic E-state index is 0.0120. The molecule has 364 valence electrons. The fraction of sp³-hybridized carbons (Fsp3) is 0.188. The van der Waals surface area contributed by atoms with Gasteiger partial charge in [-0.25, -0.2) is 9.59 Å². The first kappa shape index (κ1) is 55.6. The molecule has 20 nitrogen and oxygen atoms in total. The largest absolute Gasteiger partial charge is 0.427 e. The quantitative estimate of drug-likeness (QED) is 0.00826. The van der Waals surface area contributed by atoms with E-state index in [2.05, 4.69) is 9.68 Å². The van der Waals surface area contributed by atoms with Crippen LogP contribution in [-0.2, 0) is 30.7 Å². The number of nitrogens with two attached hydrogens (primary N) is 1. The fourth-order valence-corrected chi connectivity index (χ4v) is 5.63. The number of thioether (sulfide) groups is 1. The molecular formula is C48H44N4O16S2. The molecule has 0 saturated carbocycles. The van der Waals surface area contributed by atoms with E-state index < -0.39 is 40.0 Å². The summed E-state index contributed by atoms with van der Waals surface area (Å²) in [5.74, 6) is -2.74. The van der Waals surface area contributed by atoms with E-state index in [9.17, 15) is 44.2 Å². The van der Waals surface area contributed by atoms with Crippen molar-refractivity contribution >= 4 is 58.8 Å². The molecule has 0 fully saturated rings. The zero-order valence-electron chi connectivity index (χ0n) is 37.4. The van der Waals surface area contributed by atoms with Gasteiger partial charge in [0.2, 0.25) is 0 Å². The molecule has 0 aliphatic carbocycles. The number of nitriles is 1. The molecule has 0 atom stereocenters. The number of hydrogen-bond donors (Lipinski definition) is 1. The molecule has 0 radical (unpaired) electrons. The summed E-state index contributed by atoms with van der Waals surface area (Å²) in [6.07, 6.45) is 4.08. The summed E-state index contributed by atoms with van der Waals surface area (Å²) in [5.41, 5.74) is 6.76. The Morgan fingerprint density at radius 2 is 1.06 bits per heavy atom. The topological polar surface area (TPSA) is 286 Å². The molecule has 0 heterocycles. The molecule has 0 saturated heterocycles. The summed E-state index contributed by atoms with van der Waals surface area (Å²) in [4.78, 5) is 91.0. The second kappa shape index (κ2) is 30.6. The van der Waals surface area contributed by atoms with Crippen molar-refractivity contribution in [1.82, 2.24) is 0 Å². The average molecular weight is 997 g/mol. The second-order valence-corrected chi connectivity index (χ2v) is 14.9. The van der Waals surface area contributed by atoms with Crippen molar-refractivity contribution in [1.29, 1.82) is 5.26 Å². The number of rotatable bonds is 21. The number of unbranched alkanes of at least 4 members (excludes halogenated alkanes) is 1. The van der Waals surface area contributed by atoms with Crippen LogP contribution in [0.15, 0.2) is 138 Å². The van der Waals surface area contributed by atoms with Crippen LogP contribution in [0, 0.1) is 30.9 Å². The number of allylic oxidation sites excluding steroid dienone is 2. The van der Waals surface area contributed by atoms with E-state index in [4.69, 9.17) is 46.9 Å². The third-order valence-corrected chi connectivity index (χ3v) is 9.37. The lowest BCUT2D eigenvalue weighted by atomic mass is 10.2. The predicted octanol–water partition coefficient (Wildman–Crippen LogP) is 8.88. The molecule has 0 spiro atoms. The third-order valence-electron chi connectivity index (χ3n) is 8.54. The second-order valence-electron chi connectivity index (χ2n) is 13.6. The summed E-state index contributed by atoms with van der Waals surface area (Å²) in [6.45, 7) is 3.66. The van der Waals surface area contributed by atoms with Crippen LogP contribution in [0.1, 0.15) is 77.8 Å². The van der Waals surface area contributed by atoms with E-state index in [0.717, 1.165) is 11.8 Å². The zero-order valence-corrected chi connectivity index (χ0v) is 39.1. The highest BCUT2D eigenvalue weighted by Gasteiger charge is 2.20. The lowest BCUT2D eigenvalue weighted by molar-refractivity contribution is -0.763. The van der Waals surface area contributed by atoms with Crippen LogP contribution in [0.4, 0.5) is 0 Å². The first-order valence-corrected chi connectivity index (χ1v) is 21.9. The smallest absolute Gasteiger partial charge is 0.347 e. The number of thiocyanates is 1. The molecule has 0 aliphatic rings. The number of benzene rings is 5. The molecule has 5 rings (SSSR count). The molecule has 2 N–H and O–H groups in total. The SMILES string of the molecule is C/C=C\C.N#CSc1ccc(OC(=O)c2ccccc2OC(=O)CCCCO[N+](=O)[O-])cc1.NC(=S)c1ccc(OC(=O)c2ccccc2OC(=O)CCC(=O)Oc2ccc(CO[N+](=O)[O-])cc2)cc1. The maximum Gasteiger partial charge on any atom is 0.347 e. The number of esters is 5. The summed E-state index contributed by atoms with van der Waals surface area (Å²) >= 11 is 5.87. The lowest BCUT2D eigenvalue weighted by Gasteiger charge is -2.10. The standard InChI is InChI=1S/C25H20N2O9S.C19H16N2O7S.C4H8/c26-24(37)17-7-11-19(12-8-17)35-25(30)20-3-1-2-4-21(20)36-23(29)14-13-22(28)34-18-9-5-16(6-10-18)15-33-27(31)32;20-13-29-15-10-8-14(9-11-15)27-19(23)16-5-1-2-6-17(16)28-18(22)7-3-4-12-26-21(24)25;1-3-4-2/h1-12H,13-15H2,(H2,26,37);1-2,5-6,8-11H,3-4,7,12H2;3-4H,1-2H3/b;;4-3-. The Bertz CT molecular complexity index is 2650. The van der Waals surface area contributed by atoms with Gasteiger partial charge in [0.1, 0.15) is 56.9 Å². The number of hydrogen-bond acceptors (Lipinski definition) is 19. The Labute approximate surface area is 410 Å². The van der Waals surface area contributed by atoms with Gasteiger partial charge in [0.15, 0.2) is 0 Å². The van der Waals surface area contributed by atoms with Gasteiger partial charge in [0.05, 0.1) is 19.4 Å². The van der Waals surface area contributed by atoms with Gasteiger partial charge in [0, 0.05) is 16.9 Å². The maximum atomic E-state index is 12.6. The fourth-order valence-electron chi connectivity index (χ4n) is 5.11. The van der Waals surface area contributed by atoms with E-state index in [1.165, 1.54) is 60.7 Å². The van der Waals surface area contributed by atoms with Gasteiger partial charge in [-0.2, -0.15) is 5.26 Å². The van der Waals surface area contributed by atoms with Crippen molar-refractivity contribution in [3.63, 3.8) is 0 Å². The normalized spacial score (nSPS) is 10.0. The van der Waals surface area contributed by atoms with Gasteiger partial charge in [0.25, 0.3) is 10.2 Å². The Hall–Kier alpha value is -8.68. The molecule has 0 aromatic heterocycles. The van der Waals surface area contributed by atoms with Crippen molar-refractivity contribution in [2.24, 2.45) is 5.73 Å². The van der Waals surface area contributed by atoms with Crippen LogP contribution in [-0.4, -0.2) is 51.6 Å². The van der Waals surface area contributed by atoms with Gasteiger partial charge < -0.3 is 39.1 Å². The van der Waals surface area contributed by atoms with Crippen LogP contribution < -0.4 is 29.4 Å². The van der Waals surface area contributed by atoms with Crippen molar-refractivity contribution in [3.8, 4) is 34.1 Å². The molecular weight excluding hydrogens is 953 g/mol. The summed E-state index contributed by atoms with van der Waals surface area (Å²) in [5, 5.41) is 29.1. The summed E-state index contributed by atoms with van der Waals surface area (Å²) in [6, 6.07) is 30.7. The van der Waals surface area contributed by atoms with E-state index in [0.29, 0.717) is 28.9 Å². The van der Waals surface area contributed by atoms with E-state index in [1.54, 1.807) is 60.7 Å². The highest BCUT2D eigenvalue weighted by Crippen LogP contribution is 2.25. The van der Waals surface area contributed by atoms with Crippen LogP contribution in [0.5, 0.6) is 28.7 Å². The van der Waals surface area contributed by atoms with Gasteiger partial charge >= 0.3 is 29.8 Å².